The van der Waals surface area contributed by atoms with Crippen molar-refractivity contribution >= 4 is 57.4 Å². The van der Waals surface area contributed by atoms with Gasteiger partial charge in [0.05, 0.1) is 11.9 Å². The van der Waals surface area contributed by atoms with E-state index in [-0.39, 0.29) is 45.5 Å². The summed E-state index contributed by atoms with van der Waals surface area (Å²) < 4.78 is 0. The third-order valence-corrected chi connectivity index (χ3v) is 0.782. The zero-order valence-corrected chi connectivity index (χ0v) is 8.87. The summed E-state index contributed by atoms with van der Waals surface area (Å²) in [5, 5.41) is 35.7. The van der Waals surface area contributed by atoms with Crippen molar-refractivity contribution in [2.45, 2.75) is 12.2 Å². The molecule has 0 aliphatic carbocycles. The molecule has 0 saturated carbocycles. The molecule has 0 heterocycles. The third-order valence-electron chi connectivity index (χ3n) is 0.782. The maximum absolute atomic E-state index is 9.63. The Bertz CT molecular complexity index is 139. The van der Waals surface area contributed by atoms with E-state index in [1.54, 1.807) is 0 Å². The Kier molecular flexibility index (Phi) is 7.49. The van der Waals surface area contributed by atoms with Gasteiger partial charge < -0.3 is 30.0 Å². The van der Waals surface area contributed by atoms with Gasteiger partial charge in [0.25, 0.3) is 0 Å². The van der Waals surface area contributed by atoms with Crippen molar-refractivity contribution < 1.29 is 30.0 Å². The molecule has 2 N–H and O–H groups in total. The van der Waals surface area contributed by atoms with Gasteiger partial charge >= 0.3 is 45.5 Å². The number of carbonyl (C=O) groups excluding carboxylic acids is 2. The van der Waals surface area contributed by atoms with Gasteiger partial charge in [0, 0.05) is 0 Å². The van der Waals surface area contributed by atoms with E-state index in [1.165, 1.54) is 0 Å². The average molecular weight is 236 g/mol. The molecule has 0 aliphatic rings. The number of hydrogen-bond donors (Lipinski definition) is 2. The minimum atomic E-state index is -2.44. The van der Waals surface area contributed by atoms with Gasteiger partial charge in [0.15, 0.2) is 0 Å². The normalized spacial score (nSPS) is 14.4. The maximum atomic E-state index is 9.63. The molecular formula is C4H4O6Sr. The molecule has 2 atom stereocenters. The Morgan fingerprint density at radius 1 is 1.00 bits per heavy atom. The van der Waals surface area contributed by atoms with Gasteiger partial charge in [-0.25, -0.2) is 0 Å². The van der Waals surface area contributed by atoms with Crippen LogP contribution in [-0.4, -0.2) is 79.8 Å². The Labute approximate surface area is 98.7 Å². The van der Waals surface area contributed by atoms with Gasteiger partial charge in [-0.1, -0.05) is 0 Å². The van der Waals surface area contributed by atoms with E-state index in [0.717, 1.165) is 0 Å². The fourth-order valence-electron chi connectivity index (χ4n) is 0.258. The molecule has 58 valence electrons. The van der Waals surface area contributed by atoms with Crippen molar-refractivity contribution in [2.75, 3.05) is 0 Å². The van der Waals surface area contributed by atoms with Crippen molar-refractivity contribution in [2.24, 2.45) is 0 Å². The minimum absolute atomic E-state index is 0. The standard InChI is InChI=1S/C4H6O6.Sr/c5-1(3(7)8)2(6)4(9)10;/h1-2,5-6H,(H,7,8)(H,9,10);/q;+2/p-2/t1-,2-;/m0./s1. The van der Waals surface area contributed by atoms with Crippen molar-refractivity contribution in [3.63, 3.8) is 0 Å². The number of carboxylic acid groups (broad SMARTS) is 2. The van der Waals surface area contributed by atoms with E-state index in [4.69, 9.17) is 10.2 Å². The van der Waals surface area contributed by atoms with Crippen LogP contribution in [0.3, 0.4) is 0 Å². The Balaban J connectivity index is 0. The largest absolute Gasteiger partial charge is 2.00 e. The molecule has 11 heavy (non-hydrogen) atoms. The molecule has 0 aliphatic heterocycles. The van der Waals surface area contributed by atoms with Crippen LogP contribution in [0.4, 0.5) is 0 Å². The van der Waals surface area contributed by atoms with Crippen LogP contribution in [0.1, 0.15) is 0 Å². The zero-order valence-electron chi connectivity index (χ0n) is 5.39. The summed E-state index contributed by atoms with van der Waals surface area (Å²) in [5.74, 6) is -4.12. The van der Waals surface area contributed by atoms with Gasteiger partial charge in [0.2, 0.25) is 0 Å². The third kappa shape index (κ3) is 4.72. The van der Waals surface area contributed by atoms with Gasteiger partial charge in [-0.2, -0.15) is 0 Å². The van der Waals surface area contributed by atoms with E-state index >= 15 is 0 Å². The summed E-state index contributed by atoms with van der Waals surface area (Å²) in [6.07, 6.45) is -4.88. The van der Waals surface area contributed by atoms with E-state index in [2.05, 4.69) is 0 Å². The van der Waals surface area contributed by atoms with Crippen LogP contribution < -0.4 is 10.2 Å². The van der Waals surface area contributed by atoms with Crippen LogP contribution >= 0.6 is 0 Å². The topological polar surface area (TPSA) is 121 Å². The monoisotopic (exact) mass is 236 g/mol. The first-order valence-electron chi connectivity index (χ1n) is 2.24. The van der Waals surface area contributed by atoms with E-state index in [0.29, 0.717) is 0 Å². The van der Waals surface area contributed by atoms with E-state index < -0.39 is 24.1 Å². The minimum Gasteiger partial charge on any atom is -0.547 e. The summed E-state index contributed by atoms with van der Waals surface area (Å²) in [6.45, 7) is 0. The van der Waals surface area contributed by atoms with Crippen molar-refractivity contribution in [3.8, 4) is 0 Å². The molecule has 0 saturated heterocycles. The molecule has 0 spiro atoms. The fraction of sp³-hybridized carbons (Fsp3) is 0.500. The molecule has 0 fully saturated rings. The van der Waals surface area contributed by atoms with Crippen LogP contribution in [-0.2, 0) is 9.59 Å². The molecule has 7 heteroatoms. The maximum Gasteiger partial charge on any atom is 2.00 e. The molecule has 0 unspecified atom stereocenters. The number of rotatable bonds is 3. The fourth-order valence-corrected chi connectivity index (χ4v) is 0.258. The number of aliphatic hydroxyl groups is 2. The smallest absolute Gasteiger partial charge is 0.547 e. The Morgan fingerprint density at radius 2 is 1.18 bits per heavy atom. The summed E-state index contributed by atoms with van der Waals surface area (Å²) >= 11 is 0. The Morgan fingerprint density at radius 3 is 1.27 bits per heavy atom. The first kappa shape index (κ1) is 13.9. The first-order chi connectivity index (χ1) is 4.46. The summed E-state index contributed by atoms with van der Waals surface area (Å²) in [4.78, 5) is 19.3. The van der Waals surface area contributed by atoms with Crippen molar-refractivity contribution in [1.29, 1.82) is 0 Å². The summed E-state index contributed by atoms with van der Waals surface area (Å²) in [5.41, 5.74) is 0. The number of carboxylic acids is 2. The average Bonchev–Trinajstić information content (AvgIpc) is 1.84. The first-order valence-corrected chi connectivity index (χ1v) is 2.24. The van der Waals surface area contributed by atoms with Crippen LogP contribution in [0.15, 0.2) is 0 Å². The van der Waals surface area contributed by atoms with Crippen molar-refractivity contribution in [3.05, 3.63) is 0 Å². The van der Waals surface area contributed by atoms with Crippen LogP contribution in [0.5, 0.6) is 0 Å². The Hall–Kier alpha value is 0.341. The van der Waals surface area contributed by atoms with Gasteiger partial charge in [-0.05, 0) is 0 Å². The van der Waals surface area contributed by atoms with Crippen LogP contribution in [0, 0.1) is 0 Å². The second kappa shape index (κ2) is 5.92. The second-order valence-corrected chi connectivity index (χ2v) is 1.53. The number of aliphatic carboxylic acids is 2. The SMILES string of the molecule is O=C([O-])[C@@H](O)[C@H](O)C(=O)[O-].[Sr+2]. The molecule has 0 radical (unpaired) electrons. The van der Waals surface area contributed by atoms with Crippen LogP contribution in [0.2, 0.25) is 0 Å². The molecule has 0 amide bonds. The van der Waals surface area contributed by atoms with E-state index in [9.17, 15) is 19.8 Å². The zero-order chi connectivity index (χ0) is 8.31. The molecule has 0 bridgehead atoms. The van der Waals surface area contributed by atoms with Gasteiger partial charge in [0.1, 0.15) is 12.2 Å². The summed E-state index contributed by atoms with van der Waals surface area (Å²) in [7, 11) is 0. The predicted molar refractivity (Wildman–Crippen MR) is 27.8 cm³/mol. The molecule has 0 aromatic carbocycles. The molecule has 0 aromatic rings. The number of carbonyl (C=O) groups is 2. The van der Waals surface area contributed by atoms with Gasteiger partial charge in [-0.3, -0.25) is 0 Å². The molecule has 0 rings (SSSR count). The predicted octanol–water partition coefficient (Wildman–Crippen LogP) is -5.17. The molecule has 6 nitrogen and oxygen atoms in total. The second-order valence-electron chi connectivity index (χ2n) is 1.53. The van der Waals surface area contributed by atoms with E-state index in [1.807, 2.05) is 0 Å². The quantitative estimate of drug-likeness (QED) is 0.472. The van der Waals surface area contributed by atoms with Gasteiger partial charge in [-0.15, -0.1) is 0 Å². The number of hydrogen-bond acceptors (Lipinski definition) is 6. The molecule has 0 aromatic heterocycles. The number of aliphatic hydroxyl groups excluding tert-OH is 2. The summed E-state index contributed by atoms with van der Waals surface area (Å²) in [6, 6.07) is 0. The van der Waals surface area contributed by atoms with Crippen LogP contribution in [0.25, 0.3) is 0 Å². The van der Waals surface area contributed by atoms with Crippen molar-refractivity contribution in [1.82, 2.24) is 0 Å². The molecular weight excluding hydrogens is 232 g/mol.